The minimum Gasteiger partial charge on any atom is -0.409 e. The number of amidine groups is 1. The van der Waals surface area contributed by atoms with Gasteiger partial charge in [-0.2, -0.15) is 0 Å². The second kappa shape index (κ2) is 6.16. The topological polar surface area (TPSA) is 101 Å². The highest BCUT2D eigenvalue weighted by Gasteiger charge is 2.11. The number of hydrogen-bond acceptors (Lipinski definition) is 4. The summed E-state index contributed by atoms with van der Waals surface area (Å²) >= 11 is 3.25. The monoisotopic (exact) mass is 334 g/mol. The van der Waals surface area contributed by atoms with E-state index in [9.17, 15) is 4.79 Å². The SMILES string of the molecule is N/C(=N/O)c1ccccc1NC(=O)c1cncc(Br)c1. The highest BCUT2D eigenvalue weighted by Crippen LogP contribution is 2.17. The lowest BCUT2D eigenvalue weighted by atomic mass is 10.1. The number of pyridine rings is 1. The summed E-state index contributed by atoms with van der Waals surface area (Å²) in [7, 11) is 0. The number of benzene rings is 1. The maximum atomic E-state index is 12.1. The Hall–Kier alpha value is -2.41. The smallest absolute Gasteiger partial charge is 0.257 e. The molecule has 0 aliphatic carbocycles. The molecule has 0 saturated heterocycles. The van der Waals surface area contributed by atoms with Crippen molar-refractivity contribution in [3.63, 3.8) is 0 Å². The fourth-order valence-electron chi connectivity index (χ4n) is 1.60. The molecule has 0 aliphatic heterocycles. The largest absolute Gasteiger partial charge is 0.409 e. The van der Waals surface area contributed by atoms with Gasteiger partial charge in [-0.3, -0.25) is 9.78 Å². The molecule has 0 bridgehead atoms. The Morgan fingerprint density at radius 1 is 1.35 bits per heavy atom. The zero-order valence-corrected chi connectivity index (χ0v) is 11.8. The summed E-state index contributed by atoms with van der Waals surface area (Å²) in [6.45, 7) is 0. The van der Waals surface area contributed by atoms with Crippen molar-refractivity contribution < 1.29 is 10.0 Å². The molecule has 0 aliphatic rings. The van der Waals surface area contributed by atoms with E-state index in [-0.39, 0.29) is 11.7 Å². The first kappa shape index (κ1) is 14.0. The molecule has 7 heteroatoms. The minimum absolute atomic E-state index is 0.0757. The van der Waals surface area contributed by atoms with E-state index >= 15 is 0 Å². The summed E-state index contributed by atoms with van der Waals surface area (Å²) in [5, 5.41) is 14.4. The standard InChI is InChI=1S/C13H11BrN4O2/c14-9-5-8(6-16-7-9)13(19)17-11-4-2-1-3-10(11)12(15)18-20/h1-7,20H,(H2,15,18)(H,17,19). The predicted molar refractivity (Wildman–Crippen MR) is 78.8 cm³/mol. The van der Waals surface area contributed by atoms with E-state index in [2.05, 4.69) is 31.4 Å². The zero-order valence-electron chi connectivity index (χ0n) is 10.2. The molecular weight excluding hydrogens is 324 g/mol. The number of oxime groups is 1. The van der Waals surface area contributed by atoms with Crippen LogP contribution in [0.1, 0.15) is 15.9 Å². The van der Waals surface area contributed by atoms with Crippen molar-refractivity contribution in [2.24, 2.45) is 10.9 Å². The van der Waals surface area contributed by atoms with Crippen LogP contribution >= 0.6 is 15.9 Å². The number of hydrogen-bond donors (Lipinski definition) is 3. The molecule has 1 heterocycles. The molecule has 20 heavy (non-hydrogen) atoms. The average Bonchev–Trinajstić information content (AvgIpc) is 2.47. The predicted octanol–water partition coefficient (Wildman–Crippen LogP) is 2.19. The van der Waals surface area contributed by atoms with E-state index in [0.717, 1.165) is 0 Å². The van der Waals surface area contributed by atoms with Crippen LogP contribution in [0.3, 0.4) is 0 Å². The van der Waals surface area contributed by atoms with Gasteiger partial charge in [-0.1, -0.05) is 17.3 Å². The molecular formula is C13H11BrN4O2. The van der Waals surface area contributed by atoms with Crippen molar-refractivity contribution in [2.45, 2.75) is 0 Å². The normalized spacial score (nSPS) is 11.2. The molecule has 1 aromatic carbocycles. The molecule has 2 aromatic rings. The zero-order chi connectivity index (χ0) is 14.5. The van der Waals surface area contributed by atoms with Crippen LogP contribution in [0.15, 0.2) is 52.4 Å². The lowest BCUT2D eigenvalue weighted by Crippen LogP contribution is -2.19. The van der Waals surface area contributed by atoms with Gasteiger partial charge < -0.3 is 16.3 Å². The number of aromatic nitrogens is 1. The summed E-state index contributed by atoms with van der Waals surface area (Å²) in [6, 6.07) is 8.42. The highest BCUT2D eigenvalue weighted by atomic mass is 79.9. The molecule has 0 saturated carbocycles. The van der Waals surface area contributed by atoms with Gasteiger partial charge in [-0.25, -0.2) is 0 Å². The first-order valence-corrected chi connectivity index (χ1v) is 6.40. The van der Waals surface area contributed by atoms with Crippen LogP contribution in [-0.2, 0) is 0 Å². The number of amides is 1. The Balaban J connectivity index is 2.29. The Morgan fingerprint density at radius 3 is 2.80 bits per heavy atom. The molecule has 4 N–H and O–H groups in total. The van der Waals surface area contributed by atoms with E-state index in [1.165, 1.54) is 6.20 Å². The molecule has 2 rings (SSSR count). The molecule has 0 unspecified atom stereocenters. The third kappa shape index (κ3) is 3.12. The maximum Gasteiger partial charge on any atom is 0.257 e. The Morgan fingerprint density at radius 2 is 2.10 bits per heavy atom. The van der Waals surface area contributed by atoms with Crippen LogP contribution in [0.2, 0.25) is 0 Å². The lowest BCUT2D eigenvalue weighted by molar-refractivity contribution is 0.102. The fourth-order valence-corrected chi connectivity index (χ4v) is 1.96. The summed E-state index contributed by atoms with van der Waals surface area (Å²) in [4.78, 5) is 16.0. The molecule has 1 amide bonds. The second-order valence-corrected chi connectivity index (χ2v) is 4.79. The number of carbonyl (C=O) groups is 1. The summed E-state index contributed by atoms with van der Waals surface area (Å²) in [5.41, 5.74) is 6.85. The van der Waals surface area contributed by atoms with Gasteiger partial charge in [-0.05, 0) is 34.1 Å². The van der Waals surface area contributed by atoms with E-state index < -0.39 is 0 Å². The molecule has 6 nitrogen and oxygen atoms in total. The molecule has 0 spiro atoms. The van der Waals surface area contributed by atoms with Crippen LogP contribution < -0.4 is 11.1 Å². The Kier molecular flexibility index (Phi) is 4.31. The third-order valence-electron chi connectivity index (χ3n) is 2.53. The summed E-state index contributed by atoms with van der Waals surface area (Å²) < 4.78 is 0.704. The minimum atomic E-state index is -0.336. The number of nitrogens with two attached hydrogens (primary N) is 1. The van der Waals surface area contributed by atoms with Crippen molar-refractivity contribution in [1.82, 2.24) is 4.98 Å². The first-order valence-electron chi connectivity index (χ1n) is 5.60. The summed E-state index contributed by atoms with van der Waals surface area (Å²) in [5.74, 6) is -0.412. The molecule has 0 radical (unpaired) electrons. The average molecular weight is 335 g/mol. The molecule has 1 aromatic heterocycles. The lowest BCUT2D eigenvalue weighted by Gasteiger charge is -2.09. The van der Waals surface area contributed by atoms with Gasteiger partial charge in [0.1, 0.15) is 0 Å². The number of halogens is 1. The first-order chi connectivity index (χ1) is 9.61. The van der Waals surface area contributed by atoms with Crippen molar-refractivity contribution in [3.05, 3.63) is 58.3 Å². The van der Waals surface area contributed by atoms with Gasteiger partial charge in [-0.15, -0.1) is 0 Å². The van der Waals surface area contributed by atoms with Crippen LogP contribution in [0.5, 0.6) is 0 Å². The fraction of sp³-hybridized carbons (Fsp3) is 0. The summed E-state index contributed by atoms with van der Waals surface area (Å²) in [6.07, 6.45) is 3.04. The van der Waals surface area contributed by atoms with Crippen LogP contribution in [-0.4, -0.2) is 21.9 Å². The number of nitrogens with one attached hydrogen (secondary N) is 1. The Labute approximate surface area is 123 Å². The van der Waals surface area contributed by atoms with E-state index in [1.54, 1.807) is 36.5 Å². The van der Waals surface area contributed by atoms with Crippen LogP contribution in [0.25, 0.3) is 0 Å². The Bertz CT molecular complexity index is 673. The van der Waals surface area contributed by atoms with Gasteiger partial charge in [0, 0.05) is 22.4 Å². The van der Waals surface area contributed by atoms with Crippen molar-refractivity contribution in [3.8, 4) is 0 Å². The van der Waals surface area contributed by atoms with Gasteiger partial charge in [0.25, 0.3) is 5.91 Å². The third-order valence-corrected chi connectivity index (χ3v) is 2.96. The van der Waals surface area contributed by atoms with Gasteiger partial charge >= 0.3 is 0 Å². The molecule has 102 valence electrons. The second-order valence-electron chi connectivity index (χ2n) is 3.88. The number of anilines is 1. The molecule has 0 fully saturated rings. The quantitative estimate of drug-likeness (QED) is 0.346. The van der Waals surface area contributed by atoms with E-state index in [1.807, 2.05) is 0 Å². The molecule has 0 atom stereocenters. The van der Waals surface area contributed by atoms with Crippen molar-refractivity contribution in [1.29, 1.82) is 0 Å². The number of carbonyl (C=O) groups excluding carboxylic acids is 1. The van der Waals surface area contributed by atoms with Crippen LogP contribution in [0, 0.1) is 0 Å². The van der Waals surface area contributed by atoms with Gasteiger partial charge in [0.2, 0.25) is 0 Å². The maximum absolute atomic E-state index is 12.1. The van der Waals surface area contributed by atoms with E-state index in [0.29, 0.717) is 21.3 Å². The number of para-hydroxylation sites is 1. The number of nitrogens with zero attached hydrogens (tertiary/aromatic N) is 2. The number of rotatable bonds is 3. The van der Waals surface area contributed by atoms with E-state index in [4.69, 9.17) is 10.9 Å². The van der Waals surface area contributed by atoms with Gasteiger partial charge in [0.15, 0.2) is 5.84 Å². The highest BCUT2D eigenvalue weighted by molar-refractivity contribution is 9.10. The van der Waals surface area contributed by atoms with Gasteiger partial charge in [0.05, 0.1) is 11.3 Å². The van der Waals surface area contributed by atoms with Crippen molar-refractivity contribution in [2.75, 3.05) is 5.32 Å². The van der Waals surface area contributed by atoms with Crippen molar-refractivity contribution >= 4 is 33.4 Å². The van der Waals surface area contributed by atoms with Crippen LogP contribution in [0.4, 0.5) is 5.69 Å².